The second-order valence-electron chi connectivity index (χ2n) is 25.7. The van der Waals surface area contributed by atoms with Gasteiger partial charge in [0, 0.05) is 6.42 Å². The summed E-state index contributed by atoms with van der Waals surface area (Å²) < 4.78 is 11.3. The molecular weight excluding hydrogens is 1030 g/mol. The first-order valence-corrected chi connectivity index (χ1v) is 36.7. The lowest BCUT2D eigenvalue weighted by molar-refractivity contribution is -0.302. The highest BCUT2D eigenvalue weighted by Gasteiger charge is 2.44. The third kappa shape index (κ3) is 52.1. The quantitative estimate of drug-likeness (QED) is 0.0261. The van der Waals surface area contributed by atoms with E-state index in [-0.39, 0.29) is 12.5 Å². The summed E-state index contributed by atoms with van der Waals surface area (Å²) in [4.78, 5) is 13.1. The Morgan fingerprint density at radius 1 is 0.398 bits per heavy atom. The van der Waals surface area contributed by atoms with E-state index in [1.807, 2.05) is 6.08 Å². The molecule has 0 radical (unpaired) electrons. The molecule has 0 aliphatic carbocycles. The van der Waals surface area contributed by atoms with Crippen LogP contribution in [-0.4, -0.2) is 87.5 Å². The van der Waals surface area contributed by atoms with E-state index in [0.717, 1.165) is 38.5 Å². The Labute approximate surface area is 514 Å². The maximum atomic E-state index is 13.1. The number of hydrogen-bond acceptors (Lipinski definition) is 8. The van der Waals surface area contributed by atoms with Crippen molar-refractivity contribution in [3.05, 3.63) is 36.5 Å². The van der Waals surface area contributed by atoms with Crippen molar-refractivity contribution in [2.75, 3.05) is 13.2 Å². The molecule has 490 valence electrons. The largest absolute Gasteiger partial charge is 0.394 e. The van der Waals surface area contributed by atoms with Crippen molar-refractivity contribution in [2.45, 2.75) is 416 Å². The molecule has 0 aromatic heterocycles. The Morgan fingerprint density at radius 3 is 1.01 bits per heavy atom. The van der Waals surface area contributed by atoms with Gasteiger partial charge in [-0.1, -0.05) is 346 Å². The number of allylic oxidation sites excluding steroid dienone is 5. The summed E-state index contributed by atoms with van der Waals surface area (Å²) in [5, 5.41) is 54.8. The second kappa shape index (κ2) is 63.4. The molecule has 1 heterocycles. The van der Waals surface area contributed by atoms with Crippen LogP contribution in [0, 0.1) is 0 Å². The number of hydrogen-bond donors (Lipinski definition) is 6. The number of nitrogens with one attached hydrogen (secondary N) is 1. The van der Waals surface area contributed by atoms with Crippen molar-refractivity contribution in [3.8, 4) is 0 Å². The van der Waals surface area contributed by atoms with E-state index >= 15 is 0 Å². The minimum Gasteiger partial charge on any atom is -0.394 e. The number of aliphatic hydroxyl groups excluding tert-OH is 5. The van der Waals surface area contributed by atoms with Gasteiger partial charge < -0.3 is 40.3 Å². The van der Waals surface area contributed by atoms with E-state index in [1.54, 1.807) is 6.08 Å². The Kier molecular flexibility index (Phi) is 60.7. The van der Waals surface area contributed by atoms with Gasteiger partial charge in [-0.05, 0) is 57.8 Å². The molecule has 9 heteroatoms. The van der Waals surface area contributed by atoms with Gasteiger partial charge in [0.25, 0.3) is 0 Å². The first kappa shape index (κ1) is 79.4. The van der Waals surface area contributed by atoms with Crippen LogP contribution in [0.2, 0.25) is 0 Å². The van der Waals surface area contributed by atoms with E-state index < -0.39 is 49.5 Å². The van der Waals surface area contributed by atoms with E-state index in [4.69, 9.17) is 9.47 Å². The molecule has 9 nitrogen and oxygen atoms in total. The molecule has 6 N–H and O–H groups in total. The van der Waals surface area contributed by atoms with Crippen molar-refractivity contribution in [1.29, 1.82) is 0 Å². The Bertz CT molecular complexity index is 1410. The highest BCUT2D eigenvalue weighted by molar-refractivity contribution is 5.76. The van der Waals surface area contributed by atoms with Gasteiger partial charge in [-0.2, -0.15) is 0 Å². The molecule has 0 saturated carbocycles. The molecule has 0 bridgehead atoms. The van der Waals surface area contributed by atoms with Gasteiger partial charge in [-0.25, -0.2) is 0 Å². The fraction of sp³-hybridized carbons (Fsp3) is 0.905. The van der Waals surface area contributed by atoms with Crippen molar-refractivity contribution in [3.63, 3.8) is 0 Å². The molecule has 0 aromatic carbocycles. The first-order valence-electron chi connectivity index (χ1n) is 36.7. The first-order chi connectivity index (χ1) is 40.8. The van der Waals surface area contributed by atoms with Crippen molar-refractivity contribution in [1.82, 2.24) is 5.32 Å². The van der Waals surface area contributed by atoms with Crippen LogP contribution in [0.25, 0.3) is 0 Å². The van der Waals surface area contributed by atoms with E-state index in [9.17, 15) is 30.3 Å². The smallest absolute Gasteiger partial charge is 0.220 e. The number of amides is 1. The monoisotopic (exact) mass is 1170 g/mol. The molecule has 0 spiro atoms. The highest BCUT2D eigenvalue weighted by atomic mass is 16.7. The predicted octanol–water partition coefficient (Wildman–Crippen LogP) is 20.2. The predicted molar refractivity (Wildman–Crippen MR) is 355 cm³/mol. The highest BCUT2D eigenvalue weighted by Crippen LogP contribution is 2.24. The van der Waals surface area contributed by atoms with Crippen molar-refractivity contribution >= 4 is 5.91 Å². The summed E-state index contributed by atoms with van der Waals surface area (Å²) >= 11 is 0. The van der Waals surface area contributed by atoms with Crippen LogP contribution in [0.4, 0.5) is 0 Å². The van der Waals surface area contributed by atoms with E-state index in [1.165, 1.54) is 315 Å². The Morgan fingerprint density at radius 2 is 0.687 bits per heavy atom. The minimum atomic E-state index is -1.57. The van der Waals surface area contributed by atoms with Crippen LogP contribution in [0.1, 0.15) is 373 Å². The number of unbranched alkanes of at least 4 members (excludes halogenated alkanes) is 51. The maximum Gasteiger partial charge on any atom is 0.220 e. The second-order valence-corrected chi connectivity index (χ2v) is 25.7. The van der Waals surface area contributed by atoms with Gasteiger partial charge in [0.1, 0.15) is 24.4 Å². The number of carbonyl (C=O) groups is 1. The van der Waals surface area contributed by atoms with Crippen LogP contribution < -0.4 is 5.32 Å². The van der Waals surface area contributed by atoms with Crippen molar-refractivity contribution in [2.24, 2.45) is 0 Å². The molecule has 1 rings (SSSR count). The van der Waals surface area contributed by atoms with Gasteiger partial charge in [0.05, 0.1) is 25.4 Å². The number of carbonyl (C=O) groups excluding carboxylic acids is 1. The Balaban J connectivity index is 2.11. The van der Waals surface area contributed by atoms with Gasteiger partial charge in [-0.15, -0.1) is 0 Å². The summed E-state index contributed by atoms with van der Waals surface area (Å²) in [5.74, 6) is -0.179. The summed E-state index contributed by atoms with van der Waals surface area (Å²) in [6, 6.07) is -0.822. The normalized spacial score (nSPS) is 18.4. The zero-order chi connectivity index (χ0) is 60.0. The van der Waals surface area contributed by atoms with Gasteiger partial charge in [0.2, 0.25) is 5.91 Å². The van der Waals surface area contributed by atoms with Crippen LogP contribution in [0.3, 0.4) is 0 Å². The third-order valence-corrected chi connectivity index (χ3v) is 17.7. The molecule has 1 saturated heterocycles. The van der Waals surface area contributed by atoms with Crippen LogP contribution in [0.5, 0.6) is 0 Å². The summed E-state index contributed by atoms with van der Waals surface area (Å²) in [7, 11) is 0. The van der Waals surface area contributed by atoms with Gasteiger partial charge in [-0.3, -0.25) is 4.79 Å². The van der Waals surface area contributed by atoms with Gasteiger partial charge in [0.15, 0.2) is 6.29 Å². The fourth-order valence-corrected chi connectivity index (χ4v) is 11.9. The SMILES string of the molecule is CCCCCCCCCC/C=C\CCCCCCCCCCCCCCCCCCCCCCCC(=O)NC(COC1OC(CO)C(O)C(O)C1O)C(O)/C=C/CC/C=C/CCCCCCCCCCCCCCCCCCCCCCC. The maximum absolute atomic E-state index is 13.1. The molecule has 1 fully saturated rings. The van der Waals surface area contributed by atoms with E-state index in [2.05, 4.69) is 43.5 Å². The van der Waals surface area contributed by atoms with Gasteiger partial charge >= 0.3 is 0 Å². The summed E-state index contributed by atoms with van der Waals surface area (Å²) in [6.45, 7) is 3.82. The average Bonchev–Trinajstić information content (AvgIpc) is 3.61. The molecule has 7 unspecified atom stereocenters. The summed E-state index contributed by atoms with van der Waals surface area (Å²) in [5.41, 5.74) is 0. The Hall–Kier alpha value is -1.59. The standard InChI is InChI=1S/C74H141NO8/c1-3-5-7-9-11-13-15-17-19-21-23-25-27-29-31-32-33-34-35-36-38-40-42-44-46-48-50-52-54-56-58-60-62-64-70(78)75-67(66-82-74-73(81)72(80)71(79)69(65-76)83-74)68(77)63-61-59-57-55-53-51-49-47-45-43-41-39-37-30-28-26-24-22-20-18-16-14-12-10-8-6-4-2/h21,23,53,55,61,63,67-69,71-74,76-77,79-81H,3-20,22,24-52,54,56-60,62,64-66H2,1-2H3,(H,75,78)/b23-21-,55-53+,63-61+. The number of rotatable bonds is 65. The van der Waals surface area contributed by atoms with Crippen LogP contribution in [0.15, 0.2) is 36.5 Å². The lowest BCUT2D eigenvalue weighted by Gasteiger charge is -2.40. The van der Waals surface area contributed by atoms with Crippen LogP contribution >= 0.6 is 0 Å². The molecule has 1 amide bonds. The lowest BCUT2D eigenvalue weighted by atomic mass is 9.99. The molecule has 83 heavy (non-hydrogen) atoms. The molecule has 1 aliphatic heterocycles. The average molecular weight is 1170 g/mol. The number of ether oxygens (including phenoxy) is 2. The topological polar surface area (TPSA) is 149 Å². The molecular formula is C74H141NO8. The third-order valence-electron chi connectivity index (χ3n) is 17.7. The van der Waals surface area contributed by atoms with E-state index in [0.29, 0.717) is 6.42 Å². The van der Waals surface area contributed by atoms with Crippen LogP contribution in [-0.2, 0) is 14.3 Å². The summed E-state index contributed by atoms with van der Waals surface area (Å²) in [6.07, 6.45) is 78.4. The zero-order valence-corrected chi connectivity index (χ0v) is 55.0. The molecule has 7 atom stereocenters. The minimum absolute atomic E-state index is 0.179. The number of aliphatic hydroxyl groups is 5. The fourth-order valence-electron chi connectivity index (χ4n) is 11.9. The van der Waals surface area contributed by atoms with Crippen molar-refractivity contribution < 1.29 is 39.8 Å². The molecule has 0 aromatic rings. The lowest BCUT2D eigenvalue weighted by Crippen LogP contribution is -2.60. The zero-order valence-electron chi connectivity index (χ0n) is 55.0. The molecule has 1 aliphatic rings.